The van der Waals surface area contributed by atoms with Crippen LogP contribution in [0.3, 0.4) is 0 Å². The number of esters is 1. The van der Waals surface area contributed by atoms with Crippen molar-refractivity contribution in [2.24, 2.45) is 0 Å². The van der Waals surface area contributed by atoms with E-state index in [9.17, 15) is 24.0 Å². The summed E-state index contributed by atoms with van der Waals surface area (Å²) in [6, 6.07) is 38.6. The number of aromatic nitrogens is 6. The predicted molar refractivity (Wildman–Crippen MR) is 386 cm³/mol. The molecule has 2 saturated heterocycles. The van der Waals surface area contributed by atoms with Gasteiger partial charge in [-0.05, 0) is 136 Å². The van der Waals surface area contributed by atoms with Gasteiger partial charge in [-0.2, -0.15) is 0 Å². The fourth-order valence-electron chi connectivity index (χ4n) is 12.9. The number of aryl methyl sites for hydroxylation is 1. The summed E-state index contributed by atoms with van der Waals surface area (Å²) in [5, 5.41) is 5.83. The number of imidazole rings is 1. The fraction of sp³-hybridized carbons (Fsp3) is 0.440. The molecule has 2 amide bonds. The average molecular weight is 1440 g/mol. The maximum atomic E-state index is 14.0. The number of nitrogens with zero attached hydrogens (tertiary/aromatic N) is 6. The second-order valence-electron chi connectivity index (χ2n) is 26.0. The molecular formula is C75H91N9O16P2. The molecule has 1 aliphatic carbocycles. The molecule has 0 bridgehead atoms. The molecule has 11 rings (SSSR count). The Balaban J connectivity index is 0.781. The minimum absolute atomic E-state index is 0.00729. The number of amides is 2. The molecule has 25 nitrogen and oxygen atoms in total. The first-order valence-electron chi connectivity index (χ1n) is 34.7. The van der Waals surface area contributed by atoms with Crippen LogP contribution in [0.15, 0.2) is 150 Å². The third-order valence-electron chi connectivity index (χ3n) is 18.2. The lowest BCUT2D eigenvalue weighted by Crippen LogP contribution is -2.36. The standard InChI is InChI=1S/C75H91N9O16P2/c1-11-36-94-101(84(47(3)4)48(5)6)99-61-38-66(82-41-49(7)72(87)81-74(82)89)98-64(61)44-96-102(95-37-12-2)100-62-39-67(97-63(62)43-93-75(8,52-28-32-54(90-9)33-29-52)53-30-34-55(91-10)35-31-53)83-46-79-69-70(77-45-78-71(69)83)80-73(88)51-26-24-50(25-27-51)40-76-65(85)22-17-23-68(86)92-42-60-58-20-15-13-18-56(58)57-19-14-16-21-59(57)60/h13-16,18-21,24-35,41,45-48,60-64,66-67H,11-12,17,22-23,36-40,42-44H2,1-10H3,(H,76,85)(H,81,87,89)(H,77,78,80,88)/t61?,62?,63-,64-,66-,67-,101?,102?/m1/s1. The number of fused-ring (bicyclic) bond motifs is 4. The molecule has 102 heavy (non-hydrogen) atoms. The van der Waals surface area contributed by atoms with Crippen LogP contribution in [0.4, 0.5) is 5.82 Å². The molecule has 27 heteroatoms. The topological polar surface area (TPSA) is 278 Å². The van der Waals surface area contributed by atoms with Crippen molar-refractivity contribution in [3.8, 4) is 22.6 Å². The van der Waals surface area contributed by atoms with E-state index in [1.807, 2.05) is 93.6 Å². The quantitative estimate of drug-likeness (QED) is 0.0246. The normalized spacial score (nSPS) is 18.8. The lowest BCUT2D eigenvalue weighted by molar-refractivity contribution is -0.144. The van der Waals surface area contributed by atoms with Crippen molar-refractivity contribution in [2.45, 2.75) is 167 Å². The van der Waals surface area contributed by atoms with Crippen LogP contribution in [0, 0.1) is 6.92 Å². The van der Waals surface area contributed by atoms with Gasteiger partial charge in [0.25, 0.3) is 20.0 Å². The highest BCUT2D eigenvalue weighted by atomic mass is 31.2. The van der Waals surface area contributed by atoms with E-state index in [0.29, 0.717) is 53.2 Å². The Hall–Kier alpha value is -8.16. The Kier molecular flexibility index (Phi) is 25.6. The van der Waals surface area contributed by atoms with E-state index in [2.05, 4.69) is 82.2 Å². The summed E-state index contributed by atoms with van der Waals surface area (Å²) in [6.45, 7) is 17.1. The highest BCUT2D eigenvalue weighted by molar-refractivity contribution is 7.44. The molecule has 542 valence electrons. The van der Waals surface area contributed by atoms with Gasteiger partial charge in [0.15, 0.2) is 17.0 Å². The van der Waals surface area contributed by atoms with Crippen molar-refractivity contribution in [3.05, 3.63) is 200 Å². The van der Waals surface area contributed by atoms with Gasteiger partial charge in [-0.1, -0.05) is 98.8 Å². The van der Waals surface area contributed by atoms with Crippen LogP contribution in [-0.4, -0.2) is 135 Å². The Bertz CT molecular complexity index is 4150. The van der Waals surface area contributed by atoms with Gasteiger partial charge in [0.2, 0.25) is 5.91 Å². The number of aromatic amines is 1. The predicted octanol–water partition coefficient (Wildman–Crippen LogP) is 12.9. The first-order valence-corrected chi connectivity index (χ1v) is 36.9. The monoisotopic (exact) mass is 1440 g/mol. The first-order chi connectivity index (χ1) is 49.4. The number of carbonyl (C=O) groups is 3. The zero-order valence-electron chi connectivity index (χ0n) is 59.3. The third kappa shape index (κ3) is 17.9. The molecule has 4 unspecified atom stereocenters. The van der Waals surface area contributed by atoms with E-state index >= 15 is 0 Å². The number of methoxy groups -OCH3 is 2. The summed E-state index contributed by atoms with van der Waals surface area (Å²) < 4.78 is 76.7. The number of nitrogens with one attached hydrogen (secondary N) is 3. The minimum atomic E-state index is -2.18. The van der Waals surface area contributed by atoms with Crippen molar-refractivity contribution in [1.82, 2.24) is 39.1 Å². The van der Waals surface area contributed by atoms with Gasteiger partial charge in [0.1, 0.15) is 54.7 Å². The maximum Gasteiger partial charge on any atom is 0.333 e. The van der Waals surface area contributed by atoms with Crippen LogP contribution >= 0.6 is 17.1 Å². The fourth-order valence-corrected chi connectivity index (χ4v) is 16.0. The minimum Gasteiger partial charge on any atom is -0.497 e. The largest absolute Gasteiger partial charge is 0.497 e. The average Bonchev–Trinajstić information content (AvgIpc) is 1.63. The van der Waals surface area contributed by atoms with Crippen molar-refractivity contribution < 1.29 is 65.4 Å². The number of hydrogen-bond acceptors (Lipinski definition) is 20. The van der Waals surface area contributed by atoms with Gasteiger partial charge >= 0.3 is 20.3 Å². The molecule has 3 aliphatic rings. The van der Waals surface area contributed by atoms with Crippen LogP contribution in [-0.2, 0) is 63.3 Å². The molecule has 5 heterocycles. The van der Waals surface area contributed by atoms with Gasteiger partial charge in [0.05, 0.1) is 59.2 Å². The van der Waals surface area contributed by atoms with Crippen LogP contribution < -0.4 is 31.4 Å². The summed E-state index contributed by atoms with van der Waals surface area (Å²) in [5.41, 5.74) is 6.18. The van der Waals surface area contributed by atoms with E-state index in [4.69, 9.17) is 56.0 Å². The Morgan fingerprint density at radius 1 is 0.706 bits per heavy atom. The first kappa shape index (κ1) is 75.0. The van der Waals surface area contributed by atoms with Gasteiger partial charge in [-0.3, -0.25) is 33.3 Å². The summed E-state index contributed by atoms with van der Waals surface area (Å²) in [7, 11) is -0.584. The Labute approximate surface area is 596 Å². The number of rotatable bonds is 35. The molecule has 3 aromatic heterocycles. The van der Waals surface area contributed by atoms with Crippen molar-refractivity contribution in [1.29, 1.82) is 0 Å². The number of hydrogen-bond donors (Lipinski definition) is 3. The lowest BCUT2D eigenvalue weighted by Gasteiger charge is -2.37. The van der Waals surface area contributed by atoms with Crippen LogP contribution in [0.25, 0.3) is 22.3 Å². The smallest absolute Gasteiger partial charge is 0.333 e. The Morgan fingerprint density at radius 2 is 1.30 bits per heavy atom. The highest BCUT2D eigenvalue weighted by Gasteiger charge is 2.46. The summed E-state index contributed by atoms with van der Waals surface area (Å²) >= 11 is 0. The number of carbonyl (C=O) groups excluding carboxylic acids is 3. The maximum absolute atomic E-state index is 14.0. The van der Waals surface area contributed by atoms with E-state index in [1.54, 1.807) is 56.3 Å². The van der Waals surface area contributed by atoms with E-state index in [-0.39, 0.29) is 94.4 Å². The van der Waals surface area contributed by atoms with Crippen LogP contribution in [0.1, 0.15) is 156 Å². The van der Waals surface area contributed by atoms with E-state index in [1.165, 1.54) is 17.1 Å². The zero-order chi connectivity index (χ0) is 72.0. The van der Waals surface area contributed by atoms with E-state index < -0.39 is 76.8 Å². The van der Waals surface area contributed by atoms with Crippen molar-refractivity contribution in [3.63, 3.8) is 0 Å². The summed E-state index contributed by atoms with van der Waals surface area (Å²) in [4.78, 5) is 82.0. The van der Waals surface area contributed by atoms with Gasteiger partial charge in [-0.25, -0.2) is 24.4 Å². The third-order valence-corrected chi connectivity index (χ3v) is 21.6. The van der Waals surface area contributed by atoms with Gasteiger partial charge in [0, 0.05) is 67.6 Å². The molecular weight excluding hydrogens is 1340 g/mol. The lowest BCUT2D eigenvalue weighted by atomic mass is 9.87. The van der Waals surface area contributed by atoms with Gasteiger partial charge < -0.3 is 61.7 Å². The van der Waals surface area contributed by atoms with Gasteiger partial charge in [-0.15, -0.1) is 0 Å². The molecule has 8 aromatic rings. The summed E-state index contributed by atoms with van der Waals surface area (Å²) in [6.07, 6.45) is 2.29. The SMILES string of the molecule is CCCOP(OC[C@H]1O[C@@H](n2cc(C)c(=O)[nH]c2=O)CC1OP(OCCC)N(C(C)C)C(C)C)OC1C[C@H](n2cnc3c(NC(=O)c4ccc(CNC(=O)CCCC(=O)OCC5c6ccccc6-c6ccccc65)cc4)ncnc32)O[C@@H]1COC(C)(c1ccc(OC)cc1)c1ccc(OC)cc1. The molecule has 8 atom stereocenters. The molecule has 5 aromatic carbocycles. The molecule has 3 N–H and O–H groups in total. The number of H-pyrrole nitrogens is 1. The highest BCUT2D eigenvalue weighted by Crippen LogP contribution is 2.52. The molecule has 2 aliphatic heterocycles. The van der Waals surface area contributed by atoms with Crippen molar-refractivity contribution in [2.75, 3.05) is 52.6 Å². The number of benzene rings is 5. The zero-order valence-corrected chi connectivity index (χ0v) is 61.1. The summed E-state index contributed by atoms with van der Waals surface area (Å²) in [5.74, 6) is 0.446. The van der Waals surface area contributed by atoms with Crippen LogP contribution in [0.2, 0.25) is 0 Å². The van der Waals surface area contributed by atoms with Crippen LogP contribution in [0.5, 0.6) is 11.5 Å². The second-order valence-corrected chi connectivity index (χ2v) is 28.6. The molecule has 2 fully saturated rings. The molecule has 0 radical (unpaired) electrons. The number of ether oxygens (including phenoxy) is 6. The molecule has 0 spiro atoms. The molecule has 0 saturated carbocycles. The second kappa shape index (κ2) is 34.9. The van der Waals surface area contributed by atoms with Crippen molar-refractivity contribution >= 4 is 51.9 Å². The Morgan fingerprint density at radius 3 is 1.92 bits per heavy atom. The van der Waals surface area contributed by atoms with E-state index in [0.717, 1.165) is 45.4 Å². The number of anilines is 1.